The third kappa shape index (κ3) is 4.47. The molecule has 4 aromatic rings. The molecule has 0 aliphatic carbocycles. The Morgan fingerprint density at radius 2 is 1.81 bits per heavy atom. The second-order valence-electron chi connectivity index (χ2n) is 8.71. The van der Waals surface area contributed by atoms with Crippen molar-refractivity contribution in [2.24, 2.45) is 0 Å². The van der Waals surface area contributed by atoms with E-state index < -0.39 is 11.5 Å². The zero-order chi connectivity index (χ0) is 26.3. The molecule has 1 fully saturated rings. The SMILES string of the molecule is C=CC(=O)N1CCN(c2nc(=O)n(-c3ccccc3Cl)c3nc(-c4ccccc4F)c(Cl)cc23)[C@@H](C)C1. The van der Waals surface area contributed by atoms with Crippen molar-refractivity contribution in [1.29, 1.82) is 0 Å². The van der Waals surface area contributed by atoms with Crippen molar-refractivity contribution >= 4 is 46.0 Å². The van der Waals surface area contributed by atoms with Crippen LogP contribution in [0.1, 0.15) is 6.92 Å². The Bertz CT molecular complexity index is 1610. The third-order valence-corrected chi connectivity index (χ3v) is 7.02. The van der Waals surface area contributed by atoms with Crippen molar-refractivity contribution in [3.63, 3.8) is 0 Å². The first-order chi connectivity index (χ1) is 17.8. The van der Waals surface area contributed by atoms with Gasteiger partial charge in [0.1, 0.15) is 11.6 Å². The van der Waals surface area contributed by atoms with Gasteiger partial charge in [-0.15, -0.1) is 0 Å². The number of para-hydroxylation sites is 1. The van der Waals surface area contributed by atoms with Gasteiger partial charge in [0.2, 0.25) is 5.91 Å². The Morgan fingerprint density at radius 3 is 2.51 bits per heavy atom. The Morgan fingerprint density at radius 1 is 1.08 bits per heavy atom. The first-order valence-electron chi connectivity index (χ1n) is 11.6. The molecule has 10 heteroatoms. The molecule has 0 spiro atoms. The number of hydrogen-bond donors (Lipinski definition) is 0. The minimum atomic E-state index is -0.596. The van der Waals surface area contributed by atoms with E-state index in [4.69, 9.17) is 28.2 Å². The molecular formula is C27H22Cl2FN5O2. The van der Waals surface area contributed by atoms with Gasteiger partial charge in [-0.1, -0.05) is 54.0 Å². The summed E-state index contributed by atoms with van der Waals surface area (Å²) in [5.74, 6) is -0.262. The van der Waals surface area contributed by atoms with E-state index in [1.54, 1.807) is 53.4 Å². The predicted molar refractivity (Wildman–Crippen MR) is 144 cm³/mol. The summed E-state index contributed by atoms with van der Waals surface area (Å²) < 4.78 is 16.0. The fourth-order valence-corrected chi connectivity index (χ4v) is 5.09. The molecule has 37 heavy (non-hydrogen) atoms. The molecule has 7 nitrogen and oxygen atoms in total. The van der Waals surface area contributed by atoms with Crippen LogP contribution >= 0.6 is 23.2 Å². The summed E-state index contributed by atoms with van der Waals surface area (Å²) in [5.41, 5.74) is 0.432. The maximum Gasteiger partial charge on any atom is 0.355 e. The lowest BCUT2D eigenvalue weighted by Crippen LogP contribution is -2.54. The van der Waals surface area contributed by atoms with Crippen LogP contribution in [0.25, 0.3) is 28.0 Å². The van der Waals surface area contributed by atoms with Gasteiger partial charge in [-0.05, 0) is 43.3 Å². The van der Waals surface area contributed by atoms with Gasteiger partial charge in [0.05, 0.1) is 26.8 Å². The lowest BCUT2D eigenvalue weighted by atomic mass is 10.1. The highest BCUT2D eigenvalue weighted by Gasteiger charge is 2.30. The number of carbonyl (C=O) groups is 1. The number of fused-ring (bicyclic) bond motifs is 1. The quantitative estimate of drug-likeness (QED) is 0.338. The van der Waals surface area contributed by atoms with Gasteiger partial charge >= 0.3 is 5.69 Å². The highest BCUT2D eigenvalue weighted by Crippen LogP contribution is 2.35. The molecule has 0 N–H and O–H groups in total. The number of nitrogens with zero attached hydrogens (tertiary/aromatic N) is 5. The van der Waals surface area contributed by atoms with E-state index in [1.807, 2.05) is 11.8 Å². The first kappa shape index (κ1) is 24.9. The number of piperazine rings is 1. The second kappa shape index (κ2) is 9.95. The minimum Gasteiger partial charge on any atom is -0.350 e. The number of aromatic nitrogens is 3. The summed E-state index contributed by atoms with van der Waals surface area (Å²) in [6, 6.07) is 14.5. The molecule has 0 radical (unpaired) electrons. The first-order valence-corrected chi connectivity index (χ1v) is 12.4. The van der Waals surface area contributed by atoms with Crippen molar-refractivity contribution < 1.29 is 9.18 Å². The van der Waals surface area contributed by atoms with Gasteiger partial charge < -0.3 is 9.80 Å². The van der Waals surface area contributed by atoms with Gasteiger partial charge in [0.15, 0.2) is 5.65 Å². The molecule has 2 aromatic heterocycles. The van der Waals surface area contributed by atoms with Crippen LogP contribution in [-0.4, -0.2) is 51.0 Å². The summed E-state index contributed by atoms with van der Waals surface area (Å²) in [6.45, 7) is 6.80. The molecule has 1 atom stereocenters. The number of pyridine rings is 1. The van der Waals surface area contributed by atoms with E-state index in [0.29, 0.717) is 41.5 Å². The highest BCUT2D eigenvalue weighted by atomic mass is 35.5. The van der Waals surface area contributed by atoms with E-state index in [2.05, 4.69) is 11.6 Å². The number of halogens is 3. The largest absolute Gasteiger partial charge is 0.355 e. The normalized spacial score (nSPS) is 15.7. The van der Waals surface area contributed by atoms with Crippen LogP contribution in [-0.2, 0) is 4.79 Å². The van der Waals surface area contributed by atoms with Crippen LogP contribution in [0.2, 0.25) is 10.0 Å². The average molecular weight is 538 g/mol. The summed E-state index contributed by atoms with van der Waals surface area (Å²) in [4.78, 5) is 38.4. The van der Waals surface area contributed by atoms with E-state index in [9.17, 15) is 14.0 Å². The monoisotopic (exact) mass is 537 g/mol. The fourth-order valence-electron chi connectivity index (χ4n) is 4.62. The van der Waals surface area contributed by atoms with E-state index in [0.717, 1.165) is 0 Å². The Hall–Kier alpha value is -3.75. The number of rotatable bonds is 4. The van der Waals surface area contributed by atoms with E-state index in [1.165, 1.54) is 16.7 Å². The molecule has 2 aromatic carbocycles. The molecular weight excluding hydrogens is 516 g/mol. The molecule has 0 bridgehead atoms. The molecule has 188 valence electrons. The number of carbonyl (C=O) groups excluding carboxylic acids is 1. The molecule has 0 saturated carbocycles. The number of benzene rings is 2. The predicted octanol–water partition coefficient (Wildman–Crippen LogP) is 5.12. The van der Waals surface area contributed by atoms with Crippen molar-refractivity contribution in [2.45, 2.75) is 13.0 Å². The van der Waals surface area contributed by atoms with Crippen LogP contribution in [0.3, 0.4) is 0 Å². The smallest absolute Gasteiger partial charge is 0.350 e. The zero-order valence-corrected chi connectivity index (χ0v) is 21.4. The van der Waals surface area contributed by atoms with Gasteiger partial charge in [-0.25, -0.2) is 18.7 Å². The van der Waals surface area contributed by atoms with Crippen molar-refractivity contribution in [3.05, 3.63) is 93.6 Å². The van der Waals surface area contributed by atoms with Crippen molar-refractivity contribution in [1.82, 2.24) is 19.4 Å². The summed E-state index contributed by atoms with van der Waals surface area (Å²) in [5, 5.41) is 1.03. The van der Waals surface area contributed by atoms with E-state index >= 15 is 0 Å². The van der Waals surface area contributed by atoms with Gasteiger partial charge in [0, 0.05) is 31.2 Å². The number of anilines is 1. The number of hydrogen-bond acceptors (Lipinski definition) is 5. The van der Waals surface area contributed by atoms with Gasteiger partial charge in [-0.3, -0.25) is 4.79 Å². The molecule has 1 amide bonds. The van der Waals surface area contributed by atoms with Crippen LogP contribution < -0.4 is 10.6 Å². The van der Waals surface area contributed by atoms with Gasteiger partial charge in [-0.2, -0.15) is 4.98 Å². The standard InChI is InChI=1S/C27H22Cl2FN5O2/c1-3-23(36)33-12-13-34(16(2)15-33)25-18-14-20(29)24(17-8-4-6-10-21(17)30)31-26(18)35(27(37)32-25)22-11-7-5-9-19(22)28/h3-11,14,16H,1,12-13,15H2,2H3/t16-/m0/s1. The minimum absolute atomic E-state index is 0.155. The summed E-state index contributed by atoms with van der Waals surface area (Å²) in [6.07, 6.45) is 1.29. The van der Waals surface area contributed by atoms with Crippen LogP contribution in [0.5, 0.6) is 0 Å². The highest BCUT2D eigenvalue weighted by molar-refractivity contribution is 6.34. The Balaban J connectivity index is 1.76. The fraction of sp³-hybridized carbons (Fsp3) is 0.185. The molecule has 3 heterocycles. The summed E-state index contributed by atoms with van der Waals surface area (Å²) >= 11 is 13.1. The molecule has 1 aliphatic heterocycles. The van der Waals surface area contributed by atoms with E-state index in [-0.39, 0.29) is 33.9 Å². The van der Waals surface area contributed by atoms with Crippen molar-refractivity contribution in [2.75, 3.05) is 24.5 Å². The van der Waals surface area contributed by atoms with Gasteiger partial charge in [0.25, 0.3) is 0 Å². The second-order valence-corrected chi connectivity index (χ2v) is 9.52. The van der Waals surface area contributed by atoms with Crippen molar-refractivity contribution in [3.8, 4) is 16.9 Å². The van der Waals surface area contributed by atoms with Crippen LogP contribution in [0.15, 0.2) is 72.0 Å². The Kier molecular flexibility index (Phi) is 6.70. The third-order valence-electron chi connectivity index (χ3n) is 6.41. The van der Waals surface area contributed by atoms with Crippen LogP contribution in [0, 0.1) is 5.82 Å². The average Bonchev–Trinajstić information content (AvgIpc) is 2.89. The molecule has 1 aliphatic rings. The summed E-state index contributed by atoms with van der Waals surface area (Å²) in [7, 11) is 0. The lowest BCUT2D eigenvalue weighted by molar-refractivity contribution is -0.126. The van der Waals surface area contributed by atoms with Crippen LogP contribution in [0.4, 0.5) is 10.2 Å². The number of amides is 1. The maximum atomic E-state index is 14.7. The Labute approximate surface area is 222 Å². The topological polar surface area (TPSA) is 71.3 Å². The zero-order valence-electron chi connectivity index (χ0n) is 19.9. The molecule has 0 unspecified atom stereocenters. The molecule has 5 rings (SSSR count). The maximum absolute atomic E-state index is 14.7. The lowest BCUT2D eigenvalue weighted by Gasteiger charge is -2.40. The molecule has 1 saturated heterocycles.